The van der Waals surface area contributed by atoms with Crippen LogP contribution in [0.1, 0.15) is 12.5 Å². The highest BCUT2D eigenvalue weighted by Crippen LogP contribution is 2.32. The maximum absolute atomic E-state index is 12.5. The topological polar surface area (TPSA) is 59.8 Å². The molecule has 5 nitrogen and oxygen atoms in total. The fourth-order valence-electron chi connectivity index (χ4n) is 2.26. The molecule has 23 heavy (non-hydrogen) atoms. The van der Waals surface area contributed by atoms with Gasteiger partial charge in [0.2, 0.25) is 0 Å². The van der Waals surface area contributed by atoms with E-state index < -0.39 is 0 Å². The monoisotopic (exact) mass is 347 g/mol. The maximum atomic E-state index is 12.5. The van der Waals surface area contributed by atoms with Gasteiger partial charge in [-0.05, 0) is 25.1 Å². The van der Waals surface area contributed by atoms with Gasteiger partial charge in [-0.3, -0.25) is 14.5 Å². The molecule has 2 heterocycles. The van der Waals surface area contributed by atoms with Crippen LogP contribution in [0, 0.1) is 0 Å². The lowest BCUT2D eigenvalue weighted by atomic mass is 10.1. The van der Waals surface area contributed by atoms with E-state index >= 15 is 0 Å². The number of thioether (sulfide) groups is 1. The molecular weight excluding hydrogens is 334 g/mol. The van der Waals surface area contributed by atoms with E-state index in [2.05, 4.69) is 0 Å². The van der Waals surface area contributed by atoms with Gasteiger partial charge in [-0.2, -0.15) is 0 Å². The average Bonchev–Trinajstić information content (AvgIpc) is 2.83. The highest BCUT2D eigenvalue weighted by Gasteiger charge is 2.30. The number of carbonyl (C=O) groups excluding carboxylic acids is 1. The van der Waals surface area contributed by atoms with Crippen LogP contribution < -0.4 is 10.2 Å². The summed E-state index contributed by atoms with van der Waals surface area (Å²) in [4.78, 5) is 26.7. The van der Waals surface area contributed by atoms with Gasteiger partial charge in [-0.25, -0.2) is 0 Å². The zero-order chi connectivity index (χ0) is 16.6. The van der Waals surface area contributed by atoms with Crippen molar-refractivity contribution in [2.75, 3.05) is 13.7 Å². The average molecular weight is 347 g/mol. The van der Waals surface area contributed by atoms with Crippen LogP contribution in [-0.2, 0) is 4.79 Å². The number of methoxy groups -OCH3 is 1. The Morgan fingerprint density at radius 3 is 2.83 bits per heavy atom. The van der Waals surface area contributed by atoms with Gasteiger partial charge in [0.1, 0.15) is 21.9 Å². The fourth-order valence-corrected chi connectivity index (χ4v) is 3.64. The summed E-state index contributed by atoms with van der Waals surface area (Å²) in [7, 11) is 1.55. The molecule has 1 saturated heterocycles. The van der Waals surface area contributed by atoms with E-state index in [1.54, 1.807) is 25.3 Å². The Morgan fingerprint density at radius 2 is 2.17 bits per heavy atom. The first kappa shape index (κ1) is 15.8. The number of ether oxygens (including phenoxy) is 1. The van der Waals surface area contributed by atoms with Gasteiger partial charge in [0.25, 0.3) is 5.91 Å². The summed E-state index contributed by atoms with van der Waals surface area (Å²) in [5.41, 5.74) is 0.558. The zero-order valence-corrected chi connectivity index (χ0v) is 14.1. The summed E-state index contributed by atoms with van der Waals surface area (Å²) in [5, 5.41) is 0.436. The highest BCUT2D eigenvalue weighted by molar-refractivity contribution is 8.26. The predicted molar refractivity (Wildman–Crippen MR) is 94.6 cm³/mol. The first-order valence-electron chi connectivity index (χ1n) is 6.90. The summed E-state index contributed by atoms with van der Waals surface area (Å²) in [6, 6.07) is 4.99. The third-order valence-corrected chi connectivity index (χ3v) is 4.86. The molecule has 118 valence electrons. The van der Waals surface area contributed by atoms with E-state index in [-0.39, 0.29) is 11.3 Å². The first-order chi connectivity index (χ1) is 11.0. The summed E-state index contributed by atoms with van der Waals surface area (Å²) in [6.07, 6.45) is 2.88. The fraction of sp³-hybridized carbons (Fsp3) is 0.188. The SMILES string of the molecule is CCN1C(=O)C(=Cc2coc3cc(OC)ccc3c2=O)SC1=S. The van der Waals surface area contributed by atoms with E-state index in [1.165, 1.54) is 29.0 Å². The van der Waals surface area contributed by atoms with Crippen LogP contribution in [0.5, 0.6) is 5.75 Å². The van der Waals surface area contributed by atoms with Crippen LogP contribution >= 0.6 is 24.0 Å². The number of benzene rings is 1. The van der Waals surface area contributed by atoms with Crippen molar-refractivity contribution in [3.8, 4) is 5.75 Å². The lowest BCUT2D eigenvalue weighted by Gasteiger charge is -2.09. The molecule has 0 spiro atoms. The Morgan fingerprint density at radius 1 is 1.39 bits per heavy atom. The van der Waals surface area contributed by atoms with Crippen molar-refractivity contribution in [2.24, 2.45) is 0 Å². The zero-order valence-electron chi connectivity index (χ0n) is 12.5. The Labute approximate surface area is 141 Å². The van der Waals surface area contributed by atoms with Crippen molar-refractivity contribution in [1.82, 2.24) is 4.90 Å². The number of likely N-dealkylation sites (N-methyl/N-ethyl adjacent to an activating group) is 1. The molecule has 0 radical (unpaired) electrons. The molecular formula is C16H13NO4S2. The van der Waals surface area contributed by atoms with Gasteiger partial charge < -0.3 is 9.15 Å². The number of amides is 1. The van der Waals surface area contributed by atoms with Crippen molar-refractivity contribution in [1.29, 1.82) is 0 Å². The summed E-state index contributed by atoms with van der Waals surface area (Å²) in [5.74, 6) is 0.425. The van der Waals surface area contributed by atoms with Crippen molar-refractivity contribution in [2.45, 2.75) is 6.92 Å². The van der Waals surface area contributed by atoms with Crippen molar-refractivity contribution in [3.05, 3.63) is 45.2 Å². The van der Waals surface area contributed by atoms with E-state index in [0.29, 0.717) is 38.1 Å². The second-order valence-electron chi connectivity index (χ2n) is 4.81. The number of thiocarbonyl (C=S) groups is 1. The molecule has 1 fully saturated rings. The van der Waals surface area contributed by atoms with E-state index in [4.69, 9.17) is 21.4 Å². The Kier molecular flexibility index (Phi) is 4.23. The second kappa shape index (κ2) is 6.17. The smallest absolute Gasteiger partial charge is 0.266 e. The summed E-state index contributed by atoms with van der Waals surface area (Å²) >= 11 is 6.35. The van der Waals surface area contributed by atoms with E-state index in [0.717, 1.165) is 0 Å². The van der Waals surface area contributed by atoms with Crippen molar-refractivity contribution >= 4 is 51.3 Å². The Balaban J connectivity index is 2.06. The van der Waals surface area contributed by atoms with Crippen LogP contribution in [0.3, 0.4) is 0 Å². The Bertz CT molecular complexity index is 901. The van der Waals surface area contributed by atoms with Crippen LogP contribution in [0.2, 0.25) is 0 Å². The van der Waals surface area contributed by atoms with Crippen LogP contribution in [0.25, 0.3) is 17.0 Å². The summed E-state index contributed by atoms with van der Waals surface area (Å²) < 4.78 is 11.1. The minimum atomic E-state index is -0.198. The highest BCUT2D eigenvalue weighted by atomic mass is 32.2. The molecule has 0 saturated carbocycles. The van der Waals surface area contributed by atoms with E-state index in [9.17, 15) is 9.59 Å². The molecule has 3 rings (SSSR count). The second-order valence-corrected chi connectivity index (χ2v) is 6.48. The van der Waals surface area contributed by atoms with Crippen LogP contribution in [0.4, 0.5) is 0 Å². The minimum Gasteiger partial charge on any atom is -0.497 e. The number of fused-ring (bicyclic) bond motifs is 1. The molecule has 1 aromatic carbocycles. The molecule has 0 atom stereocenters. The van der Waals surface area contributed by atoms with Crippen molar-refractivity contribution < 1.29 is 13.9 Å². The third kappa shape index (κ3) is 2.77. The van der Waals surface area contributed by atoms with Gasteiger partial charge in [0.15, 0.2) is 5.43 Å². The molecule has 0 bridgehead atoms. The van der Waals surface area contributed by atoms with Gasteiger partial charge in [0, 0.05) is 12.6 Å². The maximum Gasteiger partial charge on any atom is 0.266 e. The van der Waals surface area contributed by atoms with Crippen LogP contribution in [0.15, 0.2) is 38.6 Å². The van der Waals surface area contributed by atoms with Gasteiger partial charge in [-0.15, -0.1) is 0 Å². The molecule has 7 heteroatoms. The molecule has 1 aromatic heterocycles. The molecule has 1 aliphatic heterocycles. The Hall–Kier alpha value is -2.12. The van der Waals surface area contributed by atoms with E-state index in [1.807, 2.05) is 6.92 Å². The molecule has 2 aromatic rings. The first-order valence-corrected chi connectivity index (χ1v) is 8.12. The number of carbonyl (C=O) groups is 1. The molecule has 0 aliphatic carbocycles. The standard InChI is InChI=1S/C16H13NO4S2/c1-3-17-15(19)13(23-16(17)22)6-9-8-21-12-7-10(20-2)4-5-11(12)14(9)18/h4-8H,3H2,1-2H3. The van der Waals surface area contributed by atoms with Gasteiger partial charge in [-0.1, -0.05) is 24.0 Å². The van der Waals surface area contributed by atoms with Crippen molar-refractivity contribution in [3.63, 3.8) is 0 Å². The largest absolute Gasteiger partial charge is 0.497 e. The minimum absolute atomic E-state index is 0.184. The number of nitrogens with zero attached hydrogens (tertiary/aromatic N) is 1. The lowest BCUT2D eigenvalue weighted by molar-refractivity contribution is -0.121. The van der Waals surface area contributed by atoms with Gasteiger partial charge >= 0.3 is 0 Å². The molecule has 1 amide bonds. The summed E-state index contributed by atoms with van der Waals surface area (Å²) in [6.45, 7) is 2.36. The number of rotatable bonds is 3. The number of hydrogen-bond donors (Lipinski definition) is 0. The quantitative estimate of drug-likeness (QED) is 0.628. The molecule has 1 aliphatic rings. The molecule has 0 unspecified atom stereocenters. The lowest BCUT2D eigenvalue weighted by Crippen LogP contribution is -2.27. The van der Waals surface area contributed by atoms with Gasteiger partial charge in [0.05, 0.1) is 23.0 Å². The third-order valence-electron chi connectivity index (χ3n) is 3.48. The molecule has 0 N–H and O–H groups in total. The van der Waals surface area contributed by atoms with Crippen LogP contribution in [-0.4, -0.2) is 28.8 Å². The number of hydrogen-bond acceptors (Lipinski definition) is 6. The normalized spacial score (nSPS) is 16.6. The predicted octanol–water partition coefficient (Wildman–Crippen LogP) is 3.02.